The molecule has 0 spiro atoms. The third-order valence-corrected chi connectivity index (χ3v) is 3.83. The van der Waals surface area contributed by atoms with E-state index in [-0.39, 0.29) is 0 Å². The molecule has 1 fully saturated rings. The SMILES string of the molecule is COc1cccc(CN(C)CCN2CCOCC2)c1OC. The molecule has 0 N–H and O–H groups in total. The van der Waals surface area contributed by atoms with Crippen molar-refractivity contribution in [2.24, 2.45) is 0 Å². The van der Waals surface area contributed by atoms with Gasteiger partial charge in [-0.15, -0.1) is 0 Å². The molecule has 0 aliphatic carbocycles. The summed E-state index contributed by atoms with van der Waals surface area (Å²) < 4.78 is 16.2. The number of benzene rings is 1. The Morgan fingerprint density at radius 3 is 2.62 bits per heavy atom. The lowest BCUT2D eigenvalue weighted by Crippen LogP contribution is -2.40. The molecule has 1 aliphatic rings. The first-order chi connectivity index (χ1) is 10.2. The molecular formula is C16H26N2O3. The minimum atomic E-state index is 0.788. The van der Waals surface area contributed by atoms with Crippen LogP contribution in [0.25, 0.3) is 0 Å². The zero-order valence-electron chi connectivity index (χ0n) is 13.3. The normalized spacial score (nSPS) is 16.2. The molecule has 1 aliphatic heterocycles. The molecule has 1 saturated heterocycles. The van der Waals surface area contributed by atoms with Crippen LogP contribution < -0.4 is 9.47 Å². The molecule has 5 nitrogen and oxygen atoms in total. The Morgan fingerprint density at radius 1 is 1.19 bits per heavy atom. The number of methoxy groups -OCH3 is 2. The van der Waals surface area contributed by atoms with Gasteiger partial charge in [-0.1, -0.05) is 12.1 Å². The summed E-state index contributed by atoms with van der Waals surface area (Å²) >= 11 is 0. The molecule has 0 bridgehead atoms. The van der Waals surface area contributed by atoms with Crippen LogP contribution >= 0.6 is 0 Å². The molecule has 0 saturated carbocycles. The summed E-state index contributed by atoms with van der Waals surface area (Å²) in [6, 6.07) is 6.02. The number of hydrogen-bond donors (Lipinski definition) is 0. The van der Waals surface area contributed by atoms with E-state index in [4.69, 9.17) is 14.2 Å². The first kappa shape index (κ1) is 16.1. The van der Waals surface area contributed by atoms with Gasteiger partial charge in [0, 0.05) is 38.3 Å². The van der Waals surface area contributed by atoms with Crippen molar-refractivity contribution in [3.8, 4) is 11.5 Å². The van der Waals surface area contributed by atoms with E-state index >= 15 is 0 Å². The summed E-state index contributed by atoms with van der Waals surface area (Å²) in [6.07, 6.45) is 0. The molecule has 0 radical (unpaired) electrons. The lowest BCUT2D eigenvalue weighted by Gasteiger charge is -2.28. The molecular weight excluding hydrogens is 268 g/mol. The highest BCUT2D eigenvalue weighted by Crippen LogP contribution is 2.31. The first-order valence-corrected chi connectivity index (χ1v) is 7.43. The third kappa shape index (κ3) is 4.59. The molecule has 1 heterocycles. The Labute approximate surface area is 127 Å². The van der Waals surface area contributed by atoms with Crippen molar-refractivity contribution in [3.63, 3.8) is 0 Å². The van der Waals surface area contributed by atoms with Gasteiger partial charge in [-0.05, 0) is 13.1 Å². The van der Waals surface area contributed by atoms with Gasteiger partial charge in [0.05, 0.1) is 27.4 Å². The van der Waals surface area contributed by atoms with Crippen LogP contribution in [-0.4, -0.2) is 70.5 Å². The van der Waals surface area contributed by atoms with Crippen molar-refractivity contribution >= 4 is 0 Å². The number of hydrogen-bond acceptors (Lipinski definition) is 5. The Kier molecular flexibility index (Phi) is 6.29. The maximum absolute atomic E-state index is 5.48. The van der Waals surface area contributed by atoms with E-state index in [1.807, 2.05) is 12.1 Å². The Morgan fingerprint density at radius 2 is 1.95 bits per heavy atom. The number of rotatable bonds is 7. The van der Waals surface area contributed by atoms with E-state index in [1.165, 1.54) is 0 Å². The summed E-state index contributed by atoms with van der Waals surface area (Å²) in [6.45, 7) is 6.74. The van der Waals surface area contributed by atoms with E-state index in [1.54, 1.807) is 14.2 Å². The van der Waals surface area contributed by atoms with Gasteiger partial charge in [-0.25, -0.2) is 0 Å². The van der Waals surface area contributed by atoms with Gasteiger partial charge in [0.2, 0.25) is 0 Å². The van der Waals surface area contributed by atoms with Crippen LogP contribution in [0, 0.1) is 0 Å². The average molecular weight is 294 g/mol. The van der Waals surface area contributed by atoms with E-state index in [0.29, 0.717) is 0 Å². The minimum Gasteiger partial charge on any atom is -0.493 e. The van der Waals surface area contributed by atoms with E-state index in [0.717, 1.165) is 63.0 Å². The number of likely N-dealkylation sites (N-methyl/N-ethyl adjacent to an activating group) is 1. The maximum atomic E-state index is 5.48. The monoisotopic (exact) mass is 294 g/mol. The maximum Gasteiger partial charge on any atom is 0.165 e. The Balaban J connectivity index is 1.88. The second-order valence-corrected chi connectivity index (χ2v) is 5.34. The second-order valence-electron chi connectivity index (χ2n) is 5.34. The molecule has 2 rings (SSSR count). The fourth-order valence-electron chi connectivity index (χ4n) is 2.58. The molecule has 0 unspecified atom stereocenters. The van der Waals surface area contributed by atoms with Gasteiger partial charge >= 0.3 is 0 Å². The van der Waals surface area contributed by atoms with Crippen LogP contribution in [0.1, 0.15) is 5.56 Å². The van der Waals surface area contributed by atoms with Crippen molar-refractivity contribution < 1.29 is 14.2 Å². The molecule has 0 amide bonds. The highest BCUT2D eigenvalue weighted by atomic mass is 16.5. The standard InChI is InChI=1S/C16H26N2O3/c1-17(7-8-18-9-11-21-12-10-18)13-14-5-4-6-15(19-2)16(14)20-3/h4-6H,7-13H2,1-3H3. The van der Waals surface area contributed by atoms with E-state index in [2.05, 4.69) is 22.9 Å². The summed E-state index contributed by atoms with van der Waals surface area (Å²) in [4.78, 5) is 4.76. The number of morpholine rings is 1. The zero-order chi connectivity index (χ0) is 15.1. The molecule has 21 heavy (non-hydrogen) atoms. The largest absolute Gasteiger partial charge is 0.493 e. The number of ether oxygens (including phenoxy) is 3. The molecule has 5 heteroatoms. The van der Waals surface area contributed by atoms with Crippen LogP contribution in [0.5, 0.6) is 11.5 Å². The lowest BCUT2D eigenvalue weighted by atomic mass is 10.1. The van der Waals surface area contributed by atoms with Crippen LogP contribution in [0.4, 0.5) is 0 Å². The lowest BCUT2D eigenvalue weighted by molar-refractivity contribution is 0.0342. The van der Waals surface area contributed by atoms with E-state index in [9.17, 15) is 0 Å². The van der Waals surface area contributed by atoms with Crippen molar-refractivity contribution in [2.45, 2.75) is 6.54 Å². The fourth-order valence-corrected chi connectivity index (χ4v) is 2.58. The van der Waals surface area contributed by atoms with Crippen molar-refractivity contribution in [2.75, 3.05) is 60.7 Å². The number of nitrogens with zero attached hydrogens (tertiary/aromatic N) is 2. The first-order valence-electron chi connectivity index (χ1n) is 7.43. The Bertz CT molecular complexity index is 434. The van der Waals surface area contributed by atoms with Crippen LogP contribution in [-0.2, 0) is 11.3 Å². The van der Waals surface area contributed by atoms with Gasteiger partial charge in [0.15, 0.2) is 11.5 Å². The van der Waals surface area contributed by atoms with Gasteiger partial charge in [0.1, 0.15) is 0 Å². The van der Waals surface area contributed by atoms with Gasteiger partial charge < -0.3 is 19.1 Å². The third-order valence-electron chi connectivity index (χ3n) is 3.83. The van der Waals surface area contributed by atoms with Crippen LogP contribution in [0.15, 0.2) is 18.2 Å². The Hall–Kier alpha value is -1.30. The summed E-state index contributed by atoms with van der Waals surface area (Å²) in [5.74, 6) is 1.62. The fraction of sp³-hybridized carbons (Fsp3) is 0.625. The molecule has 1 aromatic rings. The van der Waals surface area contributed by atoms with Crippen LogP contribution in [0.3, 0.4) is 0 Å². The van der Waals surface area contributed by atoms with Crippen molar-refractivity contribution in [1.82, 2.24) is 9.80 Å². The second kappa shape index (κ2) is 8.22. The highest BCUT2D eigenvalue weighted by molar-refractivity contribution is 5.46. The van der Waals surface area contributed by atoms with Gasteiger partial charge in [0.25, 0.3) is 0 Å². The smallest absolute Gasteiger partial charge is 0.165 e. The zero-order valence-corrected chi connectivity index (χ0v) is 13.3. The van der Waals surface area contributed by atoms with E-state index < -0.39 is 0 Å². The molecule has 1 aromatic carbocycles. The van der Waals surface area contributed by atoms with Crippen molar-refractivity contribution in [1.29, 1.82) is 0 Å². The summed E-state index contributed by atoms with van der Waals surface area (Å²) in [5, 5.41) is 0. The van der Waals surface area contributed by atoms with Crippen molar-refractivity contribution in [3.05, 3.63) is 23.8 Å². The average Bonchev–Trinajstić information content (AvgIpc) is 2.53. The quantitative estimate of drug-likeness (QED) is 0.761. The highest BCUT2D eigenvalue weighted by Gasteiger charge is 2.13. The topological polar surface area (TPSA) is 34.2 Å². The van der Waals surface area contributed by atoms with Gasteiger partial charge in [-0.3, -0.25) is 4.90 Å². The minimum absolute atomic E-state index is 0.788. The molecule has 118 valence electrons. The predicted molar refractivity (Wildman–Crippen MR) is 83.1 cm³/mol. The van der Waals surface area contributed by atoms with Crippen LogP contribution in [0.2, 0.25) is 0 Å². The number of para-hydroxylation sites is 1. The molecule has 0 atom stereocenters. The summed E-state index contributed by atoms with van der Waals surface area (Å²) in [7, 11) is 5.50. The van der Waals surface area contributed by atoms with Gasteiger partial charge in [-0.2, -0.15) is 0 Å². The summed E-state index contributed by atoms with van der Waals surface area (Å²) in [5.41, 5.74) is 1.15. The molecule has 0 aromatic heterocycles. The predicted octanol–water partition coefficient (Wildman–Crippen LogP) is 1.47.